The van der Waals surface area contributed by atoms with E-state index in [-0.39, 0.29) is 5.78 Å². The summed E-state index contributed by atoms with van der Waals surface area (Å²) in [7, 11) is 1.51. The van der Waals surface area contributed by atoms with E-state index in [1.165, 1.54) is 13.2 Å². The van der Waals surface area contributed by atoms with Gasteiger partial charge in [0.25, 0.3) is 0 Å². The molecule has 0 amide bonds. The van der Waals surface area contributed by atoms with E-state index < -0.39 is 5.97 Å². The van der Waals surface area contributed by atoms with E-state index in [4.69, 9.17) is 9.47 Å². The van der Waals surface area contributed by atoms with Gasteiger partial charge in [-0.25, -0.2) is 4.79 Å². The smallest absolute Gasteiger partial charge is 0.343 e. The van der Waals surface area contributed by atoms with Crippen LogP contribution in [0.4, 0.5) is 0 Å². The Morgan fingerprint density at radius 3 is 2.28 bits per heavy atom. The Balaban J connectivity index is 1.76. The topological polar surface area (TPSA) is 52.6 Å². The lowest BCUT2D eigenvalue weighted by atomic mass is 10.1. The molecule has 3 rings (SSSR count). The van der Waals surface area contributed by atoms with E-state index in [1.54, 1.807) is 48.5 Å². The Morgan fingerprint density at radius 2 is 1.59 bits per heavy atom. The quantitative estimate of drug-likeness (QED) is 0.245. The van der Waals surface area contributed by atoms with Crippen LogP contribution in [0.2, 0.25) is 0 Å². The summed E-state index contributed by atoms with van der Waals surface area (Å²) in [4.78, 5) is 24.7. The van der Waals surface area contributed by atoms with Gasteiger partial charge in [0.05, 0.1) is 12.7 Å². The average molecular weight is 386 g/mol. The molecule has 0 N–H and O–H groups in total. The molecule has 0 atom stereocenters. The average Bonchev–Trinajstić information content (AvgIpc) is 2.73. The minimum atomic E-state index is -0.445. The fourth-order valence-electron chi connectivity index (χ4n) is 2.81. The SMILES string of the molecule is COc1cc(/C=C/C(=O)c2ccc(C)cc2)ccc1OC(=O)c1ccccc1C. The summed E-state index contributed by atoms with van der Waals surface area (Å²) in [6, 6.07) is 19.8. The zero-order chi connectivity index (χ0) is 20.8. The highest BCUT2D eigenvalue weighted by Gasteiger charge is 2.14. The number of carbonyl (C=O) groups is 2. The molecule has 0 radical (unpaired) electrons. The van der Waals surface area contributed by atoms with Crippen LogP contribution in [0.3, 0.4) is 0 Å². The molecule has 0 aromatic heterocycles. The maximum absolute atomic E-state index is 12.4. The molecule has 3 aromatic carbocycles. The summed E-state index contributed by atoms with van der Waals surface area (Å²) in [5, 5.41) is 0. The van der Waals surface area contributed by atoms with Crippen LogP contribution in [0.25, 0.3) is 6.08 Å². The van der Waals surface area contributed by atoms with Gasteiger partial charge < -0.3 is 9.47 Å². The molecule has 0 aliphatic heterocycles. The second kappa shape index (κ2) is 9.02. The third kappa shape index (κ3) is 4.99. The minimum absolute atomic E-state index is 0.0842. The number of esters is 1. The number of ether oxygens (including phenoxy) is 2. The van der Waals surface area contributed by atoms with Crippen molar-refractivity contribution in [2.45, 2.75) is 13.8 Å². The van der Waals surface area contributed by atoms with Crippen LogP contribution in [0.5, 0.6) is 11.5 Å². The van der Waals surface area contributed by atoms with Gasteiger partial charge in [0.2, 0.25) is 0 Å². The highest BCUT2D eigenvalue weighted by atomic mass is 16.6. The van der Waals surface area contributed by atoms with Crippen LogP contribution in [0.15, 0.2) is 72.8 Å². The molecule has 0 spiro atoms. The molecule has 0 heterocycles. The molecule has 0 aliphatic rings. The predicted octanol–water partition coefficient (Wildman–Crippen LogP) is 5.43. The van der Waals surface area contributed by atoms with Crippen molar-refractivity contribution in [3.05, 3.63) is 101 Å². The second-order valence-corrected chi connectivity index (χ2v) is 6.68. The third-order valence-electron chi connectivity index (χ3n) is 4.52. The maximum atomic E-state index is 12.4. The first kappa shape index (κ1) is 20.1. The van der Waals surface area contributed by atoms with Gasteiger partial charge in [-0.1, -0.05) is 60.2 Å². The first-order valence-corrected chi connectivity index (χ1v) is 9.23. The number of benzene rings is 3. The first-order valence-electron chi connectivity index (χ1n) is 9.23. The Bertz CT molecular complexity index is 1060. The number of rotatable bonds is 6. The fraction of sp³-hybridized carbons (Fsp3) is 0.120. The lowest BCUT2D eigenvalue weighted by Crippen LogP contribution is -2.10. The van der Waals surface area contributed by atoms with Gasteiger partial charge in [0.1, 0.15) is 0 Å². The number of hydrogen-bond acceptors (Lipinski definition) is 4. The van der Waals surface area contributed by atoms with Crippen molar-refractivity contribution in [3.63, 3.8) is 0 Å². The summed E-state index contributed by atoms with van der Waals surface area (Å²) in [6.45, 7) is 3.83. The van der Waals surface area contributed by atoms with Crippen LogP contribution < -0.4 is 9.47 Å². The van der Waals surface area contributed by atoms with Crippen molar-refractivity contribution in [3.8, 4) is 11.5 Å². The summed E-state index contributed by atoms with van der Waals surface area (Å²) in [5.74, 6) is 0.206. The van der Waals surface area contributed by atoms with Gasteiger partial charge in [-0.05, 0) is 49.2 Å². The Hall–Kier alpha value is -3.66. The molecule has 0 fully saturated rings. The van der Waals surface area contributed by atoms with Crippen molar-refractivity contribution < 1.29 is 19.1 Å². The first-order chi connectivity index (χ1) is 14.0. The summed E-state index contributed by atoms with van der Waals surface area (Å²) in [5.41, 5.74) is 3.83. The standard InChI is InChI=1S/C25H22O4/c1-17-8-12-20(13-9-17)22(26)14-10-19-11-15-23(24(16-19)28-3)29-25(27)21-7-5-4-6-18(21)2/h4-16H,1-3H3/b14-10+. The molecule has 3 aromatic rings. The number of ketones is 1. The molecular formula is C25H22O4. The Morgan fingerprint density at radius 1 is 0.862 bits per heavy atom. The highest BCUT2D eigenvalue weighted by Crippen LogP contribution is 2.29. The summed E-state index contributed by atoms with van der Waals surface area (Å²) in [6.07, 6.45) is 3.22. The monoisotopic (exact) mass is 386 g/mol. The van der Waals surface area contributed by atoms with Crippen molar-refractivity contribution >= 4 is 17.8 Å². The lowest BCUT2D eigenvalue weighted by molar-refractivity contribution is 0.0728. The van der Waals surface area contributed by atoms with E-state index >= 15 is 0 Å². The number of carbonyl (C=O) groups excluding carboxylic acids is 2. The van der Waals surface area contributed by atoms with Gasteiger partial charge in [-0.15, -0.1) is 0 Å². The number of hydrogen-bond donors (Lipinski definition) is 0. The van der Waals surface area contributed by atoms with Crippen molar-refractivity contribution in [2.24, 2.45) is 0 Å². The van der Waals surface area contributed by atoms with Crippen molar-refractivity contribution in [1.82, 2.24) is 0 Å². The van der Waals surface area contributed by atoms with Crippen LogP contribution in [-0.2, 0) is 0 Å². The highest BCUT2D eigenvalue weighted by molar-refractivity contribution is 6.06. The Kier molecular flexibility index (Phi) is 6.25. The molecule has 4 nitrogen and oxygen atoms in total. The number of methoxy groups -OCH3 is 1. The predicted molar refractivity (Wildman–Crippen MR) is 114 cm³/mol. The summed E-state index contributed by atoms with van der Waals surface area (Å²) >= 11 is 0. The van der Waals surface area contributed by atoms with Gasteiger partial charge in [-0.2, -0.15) is 0 Å². The largest absolute Gasteiger partial charge is 0.493 e. The zero-order valence-corrected chi connectivity index (χ0v) is 16.6. The molecular weight excluding hydrogens is 364 g/mol. The minimum Gasteiger partial charge on any atom is -0.493 e. The zero-order valence-electron chi connectivity index (χ0n) is 16.6. The van der Waals surface area contributed by atoms with E-state index in [9.17, 15) is 9.59 Å². The van der Waals surface area contributed by atoms with Gasteiger partial charge in [-0.3, -0.25) is 4.79 Å². The van der Waals surface area contributed by atoms with Crippen LogP contribution >= 0.6 is 0 Å². The van der Waals surface area contributed by atoms with E-state index in [0.717, 1.165) is 16.7 Å². The molecule has 0 saturated heterocycles. The normalized spacial score (nSPS) is 10.7. The lowest BCUT2D eigenvalue weighted by Gasteiger charge is -2.11. The van der Waals surface area contributed by atoms with Crippen LogP contribution in [0.1, 0.15) is 37.4 Å². The molecule has 0 unspecified atom stereocenters. The number of aryl methyl sites for hydroxylation is 2. The molecule has 29 heavy (non-hydrogen) atoms. The van der Waals surface area contributed by atoms with Crippen LogP contribution in [-0.4, -0.2) is 18.9 Å². The fourth-order valence-corrected chi connectivity index (χ4v) is 2.81. The van der Waals surface area contributed by atoms with E-state index in [1.807, 2.05) is 38.1 Å². The maximum Gasteiger partial charge on any atom is 0.343 e. The Labute approximate surface area is 170 Å². The summed E-state index contributed by atoms with van der Waals surface area (Å²) < 4.78 is 10.9. The van der Waals surface area contributed by atoms with E-state index in [0.29, 0.717) is 22.6 Å². The van der Waals surface area contributed by atoms with Gasteiger partial charge in [0.15, 0.2) is 17.3 Å². The van der Waals surface area contributed by atoms with Gasteiger partial charge >= 0.3 is 5.97 Å². The molecule has 0 aliphatic carbocycles. The molecule has 146 valence electrons. The van der Waals surface area contributed by atoms with E-state index in [2.05, 4.69) is 0 Å². The second-order valence-electron chi connectivity index (χ2n) is 6.68. The molecule has 0 bridgehead atoms. The number of allylic oxidation sites excluding steroid dienone is 1. The van der Waals surface area contributed by atoms with Crippen molar-refractivity contribution in [2.75, 3.05) is 7.11 Å². The third-order valence-corrected chi connectivity index (χ3v) is 4.52. The molecule has 4 heteroatoms. The van der Waals surface area contributed by atoms with Crippen LogP contribution in [0, 0.1) is 13.8 Å². The van der Waals surface area contributed by atoms with Gasteiger partial charge in [0, 0.05) is 5.56 Å². The van der Waals surface area contributed by atoms with Crippen molar-refractivity contribution in [1.29, 1.82) is 0 Å². The molecule has 0 saturated carbocycles.